The van der Waals surface area contributed by atoms with Gasteiger partial charge < -0.3 is 14.9 Å². The average molecular weight is 489 g/mol. The third kappa shape index (κ3) is 4.54. The van der Waals surface area contributed by atoms with Crippen LogP contribution in [0.1, 0.15) is 28.5 Å². The molecule has 10 nitrogen and oxygen atoms in total. The summed E-state index contributed by atoms with van der Waals surface area (Å²) in [6.45, 7) is 4.08. The van der Waals surface area contributed by atoms with E-state index in [0.717, 1.165) is 16.6 Å². The maximum Gasteiger partial charge on any atom is 0.261 e. The third-order valence-corrected chi connectivity index (χ3v) is 6.85. The van der Waals surface area contributed by atoms with Gasteiger partial charge in [0.2, 0.25) is 5.91 Å². The minimum absolute atomic E-state index is 0.113. The fraction of sp³-hybridized carbons (Fsp3) is 0.250. The lowest BCUT2D eigenvalue weighted by Gasteiger charge is -2.09. The van der Waals surface area contributed by atoms with Gasteiger partial charge in [-0.2, -0.15) is 0 Å². The fourth-order valence-corrected chi connectivity index (χ4v) is 4.64. The van der Waals surface area contributed by atoms with Crippen molar-refractivity contribution in [2.24, 2.45) is 7.05 Å². The molecule has 0 fully saturated rings. The van der Waals surface area contributed by atoms with Crippen LogP contribution in [0.15, 0.2) is 52.5 Å². The highest BCUT2D eigenvalue weighted by Crippen LogP contribution is 2.18. The number of benzene rings is 1. The number of hydrogen-bond donors (Lipinski definition) is 2. The molecular weight excluding hydrogens is 464 g/mol. The number of aromatic amines is 1. The van der Waals surface area contributed by atoms with Gasteiger partial charge in [0.1, 0.15) is 17.3 Å². The molecular formula is C24H24N8O2S. The molecule has 0 radical (unpaired) electrons. The summed E-state index contributed by atoms with van der Waals surface area (Å²) in [4.78, 5) is 37.7. The summed E-state index contributed by atoms with van der Waals surface area (Å²) in [7, 11) is 1.83. The number of nitrogens with zero attached hydrogens (tertiary/aromatic N) is 6. The average Bonchev–Trinajstić information content (AvgIpc) is 3.42. The zero-order chi connectivity index (χ0) is 24.5. The molecule has 0 spiro atoms. The van der Waals surface area contributed by atoms with E-state index in [1.807, 2.05) is 57.3 Å². The molecule has 1 aromatic carbocycles. The van der Waals surface area contributed by atoms with Crippen molar-refractivity contribution < 1.29 is 4.79 Å². The molecule has 0 saturated heterocycles. The van der Waals surface area contributed by atoms with Crippen LogP contribution in [0.5, 0.6) is 0 Å². The normalized spacial score (nSPS) is 11.4. The molecule has 5 rings (SSSR count). The summed E-state index contributed by atoms with van der Waals surface area (Å²) in [6, 6.07) is 11.5. The lowest BCUT2D eigenvalue weighted by atomic mass is 10.1. The highest BCUT2D eigenvalue weighted by molar-refractivity contribution is 7.99. The van der Waals surface area contributed by atoms with E-state index in [-0.39, 0.29) is 17.2 Å². The molecule has 1 amide bonds. The second-order valence-corrected chi connectivity index (χ2v) is 9.21. The number of aromatic nitrogens is 7. The first-order valence-corrected chi connectivity index (χ1v) is 12.1. The molecule has 0 aliphatic carbocycles. The molecule has 0 saturated carbocycles. The van der Waals surface area contributed by atoms with E-state index in [4.69, 9.17) is 0 Å². The number of carbonyl (C=O) groups is 1. The van der Waals surface area contributed by atoms with Crippen LogP contribution in [0.3, 0.4) is 0 Å². The number of fused-ring (bicyclic) bond motifs is 2. The van der Waals surface area contributed by atoms with Crippen molar-refractivity contribution in [3.8, 4) is 0 Å². The number of carbonyl (C=O) groups excluding carboxylic acids is 1. The molecule has 0 atom stereocenters. The van der Waals surface area contributed by atoms with Crippen LogP contribution in [0.2, 0.25) is 0 Å². The SMILES string of the molecule is Cc1nc2c(C)cccn2c(=O)c1Cc1nnc(SCC(=O)NCc2nc3ccccc3[nH]2)n1C. The van der Waals surface area contributed by atoms with Gasteiger partial charge >= 0.3 is 0 Å². The topological polar surface area (TPSA) is 123 Å². The van der Waals surface area contributed by atoms with E-state index in [9.17, 15) is 9.59 Å². The first-order valence-electron chi connectivity index (χ1n) is 11.1. The number of pyridine rings is 1. The molecule has 11 heteroatoms. The summed E-state index contributed by atoms with van der Waals surface area (Å²) in [5, 5.41) is 11.9. The zero-order valence-corrected chi connectivity index (χ0v) is 20.4. The summed E-state index contributed by atoms with van der Waals surface area (Å²) >= 11 is 1.29. The standard InChI is InChI=1S/C24H24N8O2S/c1-14-7-6-10-32-22(14)26-15(2)16(23(32)34)11-20-29-30-24(31(20)3)35-13-21(33)25-12-19-27-17-8-4-5-9-18(17)28-19/h4-10H,11-13H2,1-3H3,(H,25,33)(H,27,28). The van der Waals surface area contributed by atoms with Crippen molar-refractivity contribution in [2.75, 3.05) is 5.75 Å². The zero-order valence-electron chi connectivity index (χ0n) is 19.6. The van der Waals surface area contributed by atoms with E-state index in [0.29, 0.717) is 46.7 Å². The van der Waals surface area contributed by atoms with E-state index < -0.39 is 0 Å². The Morgan fingerprint density at radius 2 is 1.94 bits per heavy atom. The second-order valence-electron chi connectivity index (χ2n) is 8.27. The van der Waals surface area contributed by atoms with Crippen molar-refractivity contribution in [2.45, 2.75) is 32.0 Å². The van der Waals surface area contributed by atoms with Crippen LogP contribution in [0, 0.1) is 13.8 Å². The van der Waals surface area contributed by atoms with Gasteiger partial charge in [0.15, 0.2) is 5.16 Å². The molecule has 5 aromatic rings. The van der Waals surface area contributed by atoms with Crippen molar-refractivity contribution in [1.82, 2.24) is 39.4 Å². The second kappa shape index (κ2) is 9.34. The molecule has 0 bridgehead atoms. The minimum atomic E-state index is -0.136. The number of thioether (sulfide) groups is 1. The number of imidazole rings is 1. The Kier molecular flexibility index (Phi) is 6.08. The van der Waals surface area contributed by atoms with Crippen LogP contribution in [-0.2, 0) is 24.8 Å². The minimum Gasteiger partial charge on any atom is -0.348 e. The molecule has 0 aliphatic rings. The first kappa shape index (κ1) is 22.8. The summed E-state index contributed by atoms with van der Waals surface area (Å²) < 4.78 is 3.37. The van der Waals surface area contributed by atoms with Crippen LogP contribution >= 0.6 is 11.8 Å². The predicted molar refractivity (Wildman–Crippen MR) is 133 cm³/mol. The molecule has 35 heavy (non-hydrogen) atoms. The van der Waals surface area contributed by atoms with Gasteiger partial charge in [-0.3, -0.25) is 14.0 Å². The Morgan fingerprint density at radius 3 is 2.77 bits per heavy atom. The number of para-hydroxylation sites is 2. The fourth-order valence-electron chi connectivity index (χ4n) is 3.88. The monoisotopic (exact) mass is 488 g/mol. The van der Waals surface area contributed by atoms with E-state index in [1.165, 1.54) is 11.8 Å². The highest BCUT2D eigenvalue weighted by atomic mass is 32.2. The van der Waals surface area contributed by atoms with Gasteiger partial charge in [-0.05, 0) is 37.6 Å². The van der Waals surface area contributed by atoms with Crippen LogP contribution in [0.25, 0.3) is 16.7 Å². The van der Waals surface area contributed by atoms with Crippen LogP contribution in [0.4, 0.5) is 0 Å². The smallest absolute Gasteiger partial charge is 0.261 e. The Balaban J connectivity index is 1.24. The number of hydrogen-bond acceptors (Lipinski definition) is 7. The van der Waals surface area contributed by atoms with Crippen LogP contribution in [-0.4, -0.2) is 45.8 Å². The quantitative estimate of drug-likeness (QED) is 0.337. The Bertz CT molecular complexity index is 1580. The van der Waals surface area contributed by atoms with Crippen molar-refractivity contribution in [3.63, 3.8) is 0 Å². The molecule has 4 heterocycles. The van der Waals surface area contributed by atoms with E-state index >= 15 is 0 Å². The van der Waals surface area contributed by atoms with E-state index in [2.05, 4.69) is 30.5 Å². The summed E-state index contributed by atoms with van der Waals surface area (Å²) in [5.41, 5.74) is 4.53. The lowest BCUT2D eigenvalue weighted by molar-refractivity contribution is -0.118. The number of rotatable bonds is 7. The molecule has 0 unspecified atom stereocenters. The Hall–Kier alpha value is -3.99. The molecule has 0 aliphatic heterocycles. The van der Waals surface area contributed by atoms with Gasteiger partial charge in [0.25, 0.3) is 5.56 Å². The van der Waals surface area contributed by atoms with Crippen LogP contribution < -0.4 is 10.9 Å². The lowest BCUT2D eigenvalue weighted by Crippen LogP contribution is -2.25. The summed E-state index contributed by atoms with van der Waals surface area (Å²) in [6.07, 6.45) is 2.03. The number of aryl methyl sites for hydroxylation is 2. The van der Waals surface area contributed by atoms with Crippen molar-refractivity contribution >= 4 is 34.3 Å². The van der Waals surface area contributed by atoms with Crippen molar-refractivity contribution in [3.05, 3.63) is 81.4 Å². The highest BCUT2D eigenvalue weighted by Gasteiger charge is 2.17. The Morgan fingerprint density at radius 1 is 1.11 bits per heavy atom. The number of nitrogens with one attached hydrogen (secondary N) is 2. The van der Waals surface area contributed by atoms with Gasteiger partial charge in [-0.15, -0.1) is 10.2 Å². The molecule has 178 valence electrons. The van der Waals surface area contributed by atoms with E-state index in [1.54, 1.807) is 15.2 Å². The van der Waals surface area contributed by atoms with Crippen molar-refractivity contribution in [1.29, 1.82) is 0 Å². The van der Waals surface area contributed by atoms with Gasteiger partial charge in [0, 0.05) is 30.9 Å². The van der Waals surface area contributed by atoms with Gasteiger partial charge in [0.05, 0.1) is 23.3 Å². The number of H-pyrrole nitrogens is 1. The summed E-state index contributed by atoms with van der Waals surface area (Å²) in [5.74, 6) is 1.38. The molecule has 4 aromatic heterocycles. The first-order chi connectivity index (χ1) is 16.9. The number of amides is 1. The molecule has 2 N–H and O–H groups in total. The van der Waals surface area contributed by atoms with Gasteiger partial charge in [-0.25, -0.2) is 9.97 Å². The Labute approximate surface area is 204 Å². The van der Waals surface area contributed by atoms with Gasteiger partial charge in [-0.1, -0.05) is 30.0 Å². The maximum atomic E-state index is 13.1. The maximum absolute atomic E-state index is 13.1. The third-order valence-electron chi connectivity index (χ3n) is 5.83. The predicted octanol–water partition coefficient (Wildman–Crippen LogP) is 2.32. The largest absolute Gasteiger partial charge is 0.348 e.